The van der Waals surface area contributed by atoms with Gasteiger partial charge in [0.25, 0.3) is 5.91 Å². The van der Waals surface area contributed by atoms with Crippen molar-refractivity contribution in [1.29, 1.82) is 0 Å². The van der Waals surface area contributed by atoms with E-state index in [1.54, 1.807) is 41.3 Å². The van der Waals surface area contributed by atoms with Gasteiger partial charge in [0.15, 0.2) is 5.82 Å². The molecule has 8 rings (SSSR count). The third kappa shape index (κ3) is 5.58. The molecule has 2 aliphatic heterocycles. The van der Waals surface area contributed by atoms with Gasteiger partial charge in [-0.2, -0.15) is 15.2 Å². The first-order chi connectivity index (χ1) is 23.1. The Labute approximate surface area is 277 Å². The van der Waals surface area contributed by atoms with E-state index in [9.17, 15) is 19.5 Å². The van der Waals surface area contributed by atoms with Gasteiger partial charge in [-0.15, -0.1) is 0 Å². The summed E-state index contributed by atoms with van der Waals surface area (Å²) in [5.41, 5.74) is 2.35. The fraction of sp³-hybridized carbons (Fsp3) is 0.514. The standard InChI is InChI=1S/C35H40N8O5/c1-34(2)13-26(34)32(45)41-20-35(21-41)19-40(31(44)25-14-36-43(16-25)15-22-7-9-24(10-8-22)33(46)47)17-27(35)30-37-29(48-39-30)18-42-12-11-28(38-42)23-5-3-4-6-23/h7-12,14,16,23,26-27H,3-6,13,15,17-21H2,1-2H3,(H,46,47)/t26-,27?/m1/s1. The maximum atomic E-state index is 13.9. The van der Waals surface area contributed by atoms with Crippen LogP contribution in [0.25, 0.3) is 0 Å². The average molecular weight is 653 g/mol. The van der Waals surface area contributed by atoms with Gasteiger partial charge in [0.1, 0.15) is 6.54 Å². The number of rotatable bonds is 9. The number of nitrogens with zero attached hydrogens (tertiary/aromatic N) is 8. The molecular formula is C35H40N8O5. The van der Waals surface area contributed by atoms with Crippen LogP contribution in [0, 0.1) is 16.7 Å². The maximum absolute atomic E-state index is 13.9. The molecule has 2 aliphatic carbocycles. The summed E-state index contributed by atoms with van der Waals surface area (Å²) in [5.74, 6) is 0.485. The summed E-state index contributed by atoms with van der Waals surface area (Å²) in [4.78, 5) is 46.9. The molecule has 250 valence electrons. The molecule has 1 N–H and O–H groups in total. The SMILES string of the molecule is CC1(C)C[C@@H]1C(=O)N1CC2(CN(C(=O)c3cnn(Cc4ccc(C(=O)O)cc4)c3)CC2c2noc(Cn3ccc(C4CCCC4)n3)n2)C1. The van der Waals surface area contributed by atoms with E-state index in [0.717, 1.165) is 17.7 Å². The van der Waals surface area contributed by atoms with Crippen molar-refractivity contribution in [2.75, 3.05) is 26.2 Å². The molecule has 2 saturated carbocycles. The van der Waals surface area contributed by atoms with E-state index < -0.39 is 5.97 Å². The molecule has 3 aromatic heterocycles. The fourth-order valence-corrected chi connectivity index (χ4v) is 7.98. The molecule has 1 spiro atoms. The molecule has 48 heavy (non-hydrogen) atoms. The Morgan fingerprint density at radius 3 is 2.40 bits per heavy atom. The predicted molar refractivity (Wildman–Crippen MR) is 171 cm³/mol. The van der Waals surface area contributed by atoms with Crippen LogP contribution in [0.2, 0.25) is 0 Å². The number of aromatic carboxylic acids is 1. The molecule has 2 atom stereocenters. The molecule has 1 aromatic carbocycles. The van der Waals surface area contributed by atoms with Crippen molar-refractivity contribution in [3.8, 4) is 0 Å². The highest BCUT2D eigenvalue weighted by atomic mass is 16.5. The molecule has 0 radical (unpaired) electrons. The Morgan fingerprint density at radius 2 is 1.69 bits per heavy atom. The average Bonchev–Trinajstić information content (AvgIpc) is 3.77. The number of aromatic nitrogens is 6. The van der Waals surface area contributed by atoms with E-state index in [2.05, 4.69) is 30.2 Å². The zero-order valence-electron chi connectivity index (χ0n) is 27.3. The van der Waals surface area contributed by atoms with Crippen molar-refractivity contribution in [3.05, 3.63) is 83.0 Å². The lowest BCUT2D eigenvalue weighted by Crippen LogP contribution is -2.62. The molecule has 5 heterocycles. The monoisotopic (exact) mass is 652 g/mol. The lowest BCUT2D eigenvalue weighted by Gasteiger charge is -2.50. The maximum Gasteiger partial charge on any atom is 0.335 e. The van der Waals surface area contributed by atoms with Gasteiger partial charge in [0, 0.05) is 55.8 Å². The van der Waals surface area contributed by atoms with Crippen LogP contribution in [0.5, 0.6) is 0 Å². The highest BCUT2D eigenvalue weighted by Crippen LogP contribution is 2.55. The van der Waals surface area contributed by atoms with Crippen LogP contribution in [0.4, 0.5) is 0 Å². The van der Waals surface area contributed by atoms with E-state index in [-0.39, 0.29) is 40.0 Å². The zero-order valence-corrected chi connectivity index (χ0v) is 27.3. The summed E-state index contributed by atoms with van der Waals surface area (Å²) < 4.78 is 9.26. The molecule has 1 unspecified atom stereocenters. The van der Waals surface area contributed by atoms with Crippen molar-refractivity contribution < 1.29 is 24.0 Å². The normalized spacial score (nSPS) is 22.7. The zero-order chi connectivity index (χ0) is 33.2. The van der Waals surface area contributed by atoms with E-state index >= 15 is 0 Å². The number of amides is 2. The summed E-state index contributed by atoms with van der Waals surface area (Å²) in [7, 11) is 0. The Hall–Kier alpha value is -4.81. The number of carbonyl (C=O) groups excluding carboxylic acids is 2. The van der Waals surface area contributed by atoms with Gasteiger partial charge in [0.05, 0.1) is 35.5 Å². The van der Waals surface area contributed by atoms with Crippen LogP contribution < -0.4 is 0 Å². The summed E-state index contributed by atoms with van der Waals surface area (Å²) in [6.45, 7) is 7.02. The third-order valence-corrected chi connectivity index (χ3v) is 11.0. The van der Waals surface area contributed by atoms with E-state index in [1.807, 2.05) is 20.7 Å². The van der Waals surface area contributed by atoms with Crippen molar-refractivity contribution >= 4 is 17.8 Å². The molecule has 4 aromatic rings. The highest BCUT2D eigenvalue weighted by molar-refractivity contribution is 5.94. The first-order valence-electron chi connectivity index (χ1n) is 16.9. The topological polar surface area (TPSA) is 152 Å². The molecule has 13 nitrogen and oxygen atoms in total. The smallest absolute Gasteiger partial charge is 0.335 e. The Kier molecular flexibility index (Phi) is 7.26. The van der Waals surface area contributed by atoms with Crippen molar-refractivity contribution in [1.82, 2.24) is 39.5 Å². The van der Waals surface area contributed by atoms with Gasteiger partial charge in [0.2, 0.25) is 11.8 Å². The first-order valence-corrected chi connectivity index (χ1v) is 16.9. The second kappa shape index (κ2) is 11.4. The van der Waals surface area contributed by atoms with Gasteiger partial charge in [-0.05, 0) is 48.4 Å². The van der Waals surface area contributed by atoms with Gasteiger partial charge in [-0.25, -0.2) is 4.79 Å². The second-order valence-electron chi connectivity index (χ2n) is 14.9. The minimum Gasteiger partial charge on any atom is -0.478 e. The van der Waals surface area contributed by atoms with Crippen molar-refractivity contribution in [3.63, 3.8) is 0 Å². The number of likely N-dealkylation sites (tertiary alicyclic amines) is 2. The Balaban J connectivity index is 0.985. The first kappa shape index (κ1) is 30.5. The highest BCUT2D eigenvalue weighted by Gasteiger charge is 2.61. The van der Waals surface area contributed by atoms with Crippen LogP contribution in [-0.2, 0) is 17.9 Å². The van der Waals surface area contributed by atoms with E-state index in [0.29, 0.717) is 62.5 Å². The van der Waals surface area contributed by atoms with Gasteiger partial charge in [-0.3, -0.25) is 19.0 Å². The minimum absolute atomic E-state index is 0.0437. The number of hydrogen-bond acceptors (Lipinski definition) is 8. The summed E-state index contributed by atoms with van der Waals surface area (Å²) in [6, 6.07) is 8.68. The second-order valence-corrected chi connectivity index (χ2v) is 14.9. The molecule has 0 bridgehead atoms. The van der Waals surface area contributed by atoms with Gasteiger partial charge < -0.3 is 19.4 Å². The van der Waals surface area contributed by atoms with Crippen LogP contribution in [0.3, 0.4) is 0 Å². The number of hydrogen-bond donors (Lipinski definition) is 1. The predicted octanol–water partition coefficient (Wildman–Crippen LogP) is 4.03. The largest absolute Gasteiger partial charge is 0.478 e. The lowest BCUT2D eigenvalue weighted by atomic mass is 9.71. The molecule has 2 saturated heterocycles. The Morgan fingerprint density at radius 1 is 0.958 bits per heavy atom. The number of carboxylic acid groups (broad SMARTS) is 1. The van der Waals surface area contributed by atoms with Gasteiger partial charge >= 0.3 is 5.97 Å². The third-order valence-electron chi connectivity index (χ3n) is 11.0. The van der Waals surface area contributed by atoms with Crippen molar-refractivity contribution in [2.45, 2.75) is 70.9 Å². The van der Waals surface area contributed by atoms with Crippen LogP contribution in [0.1, 0.15) is 101 Å². The minimum atomic E-state index is -0.978. The summed E-state index contributed by atoms with van der Waals surface area (Å²) >= 11 is 0. The Bertz CT molecular complexity index is 1860. The number of carboxylic acids is 1. The molecular weight excluding hydrogens is 612 g/mol. The van der Waals surface area contributed by atoms with Crippen LogP contribution in [0.15, 0.2) is 53.4 Å². The van der Waals surface area contributed by atoms with Crippen LogP contribution >= 0.6 is 0 Å². The molecule has 2 amide bonds. The number of benzene rings is 1. The van der Waals surface area contributed by atoms with Crippen LogP contribution in [-0.4, -0.2) is 88.6 Å². The number of carbonyl (C=O) groups is 3. The van der Waals surface area contributed by atoms with E-state index in [4.69, 9.17) is 14.6 Å². The van der Waals surface area contributed by atoms with E-state index in [1.165, 1.54) is 25.7 Å². The molecule has 4 fully saturated rings. The molecule has 4 aliphatic rings. The fourth-order valence-electron chi connectivity index (χ4n) is 7.98. The summed E-state index contributed by atoms with van der Waals surface area (Å²) in [6.07, 6.45) is 11.0. The molecule has 13 heteroatoms. The quantitative estimate of drug-likeness (QED) is 0.282. The van der Waals surface area contributed by atoms with Crippen molar-refractivity contribution in [2.24, 2.45) is 16.7 Å². The lowest BCUT2D eigenvalue weighted by molar-refractivity contribution is -0.145. The van der Waals surface area contributed by atoms with Gasteiger partial charge in [-0.1, -0.05) is 44.0 Å². The summed E-state index contributed by atoms with van der Waals surface area (Å²) in [5, 5.41) is 22.8.